The fourth-order valence-corrected chi connectivity index (χ4v) is 1.56. The van der Waals surface area contributed by atoms with E-state index >= 15 is 0 Å². The molecule has 0 aliphatic rings. The van der Waals surface area contributed by atoms with Crippen LogP contribution in [0.2, 0.25) is 0 Å². The minimum atomic E-state index is -0.0822. The van der Waals surface area contributed by atoms with Crippen LogP contribution in [-0.2, 0) is 11.3 Å². The highest BCUT2D eigenvalue weighted by atomic mass is 79.9. The first kappa shape index (κ1) is 12.3. The average Bonchev–Trinajstić information content (AvgIpc) is 2.27. The summed E-state index contributed by atoms with van der Waals surface area (Å²) in [6.07, 6.45) is 0. The molecule has 0 fully saturated rings. The van der Waals surface area contributed by atoms with E-state index < -0.39 is 0 Å². The molecule has 1 aromatic rings. The summed E-state index contributed by atoms with van der Waals surface area (Å²) in [6, 6.07) is 3.46. The Hall–Kier alpha value is -0.780. The lowest BCUT2D eigenvalue weighted by Gasteiger charge is -2.11. The Labute approximate surface area is 96.9 Å². The summed E-state index contributed by atoms with van der Waals surface area (Å²) >= 11 is 3.34. The molecule has 0 saturated carbocycles. The van der Waals surface area contributed by atoms with Crippen LogP contribution in [0, 0.1) is 0 Å². The second kappa shape index (κ2) is 5.95. The molecule has 1 rings (SSSR count). The van der Waals surface area contributed by atoms with E-state index in [2.05, 4.69) is 15.9 Å². The summed E-state index contributed by atoms with van der Waals surface area (Å²) in [5.41, 5.74) is 0.709. The third-order valence-corrected chi connectivity index (χ3v) is 2.73. The van der Waals surface area contributed by atoms with Gasteiger partial charge in [-0.3, -0.25) is 0 Å². The maximum atomic E-state index is 9.12. The van der Waals surface area contributed by atoms with E-state index in [-0.39, 0.29) is 13.4 Å². The Bertz CT molecular complexity index is 327. The van der Waals surface area contributed by atoms with E-state index in [0.29, 0.717) is 21.5 Å². The van der Waals surface area contributed by atoms with Crippen LogP contribution >= 0.6 is 15.9 Å². The summed E-state index contributed by atoms with van der Waals surface area (Å²) in [6.45, 7) is 0.0672. The smallest absolute Gasteiger partial charge is 0.188 e. The van der Waals surface area contributed by atoms with Gasteiger partial charge in [-0.1, -0.05) is 0 Å². The van der Waals surface area contributed by atoms with Crippen LogP contribution in [0.3, 0.4) is 0 Å². The van der Waals surface area contributed by atoms with E-state index in [4.69, 9.17) is 19.3 Å². The van der Waals surface area contributed by atoms with Gasteiger partial charge in [-0.2, -0.15) is 0 Å². The first-order valence-corrected chi connectivity index (χ1v) is 5.11. The van der Waals surface area contributed by atoms with Gasteiger partial charge in [0.05, 0.1) is 18.2 Å². The van der Waals surface area contributed by atoms with Crippen LogP contribution < -0.4 is 9.47 Å². The monoisotopic (exact) mass is 276 g/mol. The van der Waals surface area contributed by atoms with E-state index in [9.17, 15) is 0 Å². The Balaban J connectivity index is 3.01. The molecule has 0 amide bonds. The number of methoxy groups -OCH3 is 2. The molecule has 0 bridgehead atoms. The van der Waals surface area contributed by atoms with Crippen molar-refractivity contribution in [2.45, 2.75) is 6.61 Å². The second-order valence-corrected chi connectivity index (χ2v) is 3.60. The lowest BCUT2D eigenvalue weighted by molar-refractivity contribution is 0.0502. The van der Waals surface area contributed by atoms with Crippen LogP contribution in [-0.4, -0.2) is 26.1 Å². The van der Waals surface area contributed by atoms with Gasteiger partial charge in [0.15, 0.2) is 6.79 Å². The lowest BCUT2D eigenvalue weighted by atomic mass is 10.2. The zero-order valence-electron chi connectivity index (χ0n) is 8.62. The number of hydrogen-bond acceptors (Lipinski definition) is 4. The van der Waals surface area contributed by atoms with Gasteiger partial charge in [-0.05, 0) is 27.6 Å². The third kappa shape index (κ3) is 3.09. The molecule has 0 saturated heterocycles. The van der Waals surface area contributed by atoms with E-state index in [1.54, 1.807) is 26.4 Å². The Morgan fingerprint density at radius 1 is 1.33 bits per heavy atom. The Morgan fingerprint density at radius 2 is 2.07 bits per heavy atom. The standard InChI is InChI=1S/C10H13BrO4/c1-13-6-15-9-4-8(14-2)3-7(5-12)10(9)11/h3-4,12H,5-6H2,1-2H3. The maximum absolute atomic E-state index is 9.12. The highest BCUT2D eigenvalue weighted by Crippen LogP contribution is 2.33. The van der Waals surface area contributed by atoms with Gasteiger partial charge >= 0.3 is 0 Å². The molecule has 4 nitrogen and oxygen atoms in total. The molecule has 0 atom stereocenters. The lowest BCUT2D eigenvalue weighted by Crippen LogP contribution is -2.01. The van der Waals surface area contributed by atoms with Crippen LogP contribution in [0.5, 0.6) is 11.5 Å². The van der Waals surface area contributed by atoms with Crippen molar-refractivity contribution in [1.82, 2.24) is 0 Å². The normalized spacial score (nSPS) is 10.1. The van der Waals surface area contributed by atoms with Gasteiger partial charge in [0.1, 0.15) is 11.5 Å². The molecule has 84 valence electrons. The average molecular weight is 277 g/mol. The largest absolute Gasteiger partial charge is 0.497 e. The van der Waals surface area contributed by atoms with Gasteiger partial charge in [-0.15, -0.1) is 0 Å². The van der Waals surface area contributed by atoms with Gasteiger partial charge < -0.3 is 19.3 Å². The van der Waals surface area contributed by atoms with E-state index in [1.165, 1.54) is 0 Å². The minimum Gasteiger partial charge on any atom is -0.497 e. The summed E-state index contributed by atoms with van der Waals surface area (Å²) < 4.78 is 15.9. The zero-order valence-corrected chi connectivity index (χ0v) is 10.2. The molecule has 0 spiro atoms. The number of aliphatic hydroxyl groups is 1. The molecular weight excluding hydrogens is 264 g/mol. The fraction of sp³-hybridized carbons (Fsp3) is 0.400. The molecule has 0 radical (unpaired) electrons. The van der Waals surface area contributed by atoms with Gasteiger partial charge in [0, 0.05) is 13.2 Å². The molecule has 15 heavy (non-hydrogen) atoms. The first-order valence-electron chi connectivity index (χ1n) is 4.32. The molecule has 0 aliphatic carbocycles. The number of benzene rings is 1. The summed E-state index contributed by atoms with van der Waals surface area (Å²) in [7, 11) is 3.10. The van der Waals surface area contributed by atoms with Crippen molar-refractivity contribution in [3.8, 4) is 11.5 Å². The van der Waals surface area contributed by atoms with Crippen LogP contribution in [0.15, 0.2) is 16.6 Å². The minimum absolute atomic E-state index is 0.0822. The third-order valence-electron chi connectivity index (χ3n) is 1.83. The number of ether oxygens (including phenoxy) is 3. The van der Waals surface area contributed by atoms with Crippen molar-refractivity contribution in [3.05, 3.63) is 22.2 Å². The highest BCUT2D eigenvalue weighted by Gasteiger charge is 2.09. The molecule has 0 heterocycles. The summed E-state index contributed by atoms with van der Waals surface area (Å²) in [5.74, 6) is 1.22. The van der Waals surface area contributed by atoms with E-state index in [1.807, 2.05) is 0 Å². The van der Waals surface area contributed by atoms with Crippen LogP contribution in [0.4, 0.5) is 0 Å². The molecular formula is C10H13BrO4. The highest BCUT2D eigenvalue weighted by molar-refractivity contribution is 9.10. The van der Waals surface area contributed by atoms with Crippen molar-refractivity contribution >= 4 is 15.9 Å². The number of rotatable bonds is 5. The van der Waals surface area contributed by atoms with Crippen molar-refractivity contribution in [3.63, 3.8) is 0 Å². The molecule has 0 aromatic heterocycles. The first-order chi connectivity index (χ1) is 7.22. The maximum Gasteiger partial charge on any atom is 0.188 e. The summed E-state index contributed by atoms with van der Waals surface area (Å²) in [4.78, 5) is 0. The molecule has 0 unspecified atom stereocenters. The van der Waals surface area contributed by atoms with Gasteiger partial charge in [0.25, 0.3) is 0 Å². The number of halogens is 1. The van der Waals surface area contributed by atoms with Crippen molar-refractivity contribution in [2.24, 2.45) is 0 Å². The van der Waals surface area contributed by atoms with Crippen LogP contribution in [0.1, 0.15) is 5.56 Å². The molecule has 1 N–H and O–H groups in total. The fourth-order valence-electron chi connectivity index (χ4n) is 1.09. The number of hydrogen-bond donors (Lipinski definition) is 1. The van der Waals surface area contributed by atoms with E-state index in [0.717, 1.165) is 0 Å². The van der Waals surface area contributed by atoms with Crippen molar-refractivity contribution < 1.29 is 19.3 Å². The SMILES string of the molecule is COCOc1cc(OC)cc(CO)c1Br. The quantitative estimate of drug-likeness (QED) is 0.835. The predicted octanol–water partition coefficient (Wildman–Crippen LogP) is 1.93. The number of aliphatic hydroxyl groups excluding tert-OH is 1. The Kier molecular flexibility index (Phi) is 4.87. The second-order valence-electron chi connectivity index (χ2n) is 2.81. The van der Waals surface area contributed by atoms with Gasteiger partial charge in [0.2, 0.25) is 0 Å². The summed E-state index contributed by atoms with van der Waals surface area (Å²) in [5, 5.41) is 9.12. The topological polar surface area (TPSA) is 47.9 Å². The predicted molar refractivity (Wildman–Crippen MR) is 59.1 cm³/mol. The molecule has 5 heteroatoms. The van der Waals surface area contributed by atoms with Crippen molar-refractivity contribution in [2.75, 3.05) is 21.0 Å². The molecule has 0 aliphatic heterocycles. The zero-order chi connectivity index (χ0) is 11.3. The molecule has 1 aromatic carbocycles. The van der Waals surface area contributed by atoms with Crippen molar-refractivity contribution in [1.29, 1.82) is 0 Å². The van der Waals surface area contributed by atoms with Gasteiger partial charge in [-0.25, -0.2) is 0 Å². The Morgan fingerprint density at radius 3 is 2.60 bits per heavy atom. The van der Waals surface area contributed by atoms with Crippen LogP contribution in [0.25, 0.3) is 0 Å².